The number of hydrogen-bond donors (Lipinski definition) is 1. The van der Waals surface area contributed by atoms with Crippen molar-refractivity contribution in [1.82, 2.24) is 9.78 Å². The van der Waals surface area contributed by atoms with Gasteiger partial charge in [0.1, 0.15) is 17.7 Å². The van der Waals surface area contributed by atoms with E-state index in [4.69, 9.17) is 5.10 Å². The van der Waals surface area contributed by atoms with Crippen LogP contribution < -0.4 is 5.32 Å². The van der Waals surface area contributed by atoms with Crippen LogP contribution >= 0.6 is 0 Å². The second-order valence-corrected chi connectivity index (χ2v) is 8.03. The Kier molecular flexibility index (Phi) is 4.12. The van der Waals surface area contributed by atoms with E-state index in [0.717, 1.165) is 45.9 Å². The third-order valence-electron chi connectivity index (χ3n) is 5.83. The summed E-state index contributed by atoms with van der Waals surface area (Å²) < 4.78 is 15.5. The van der Waals surface area contributed by atoms with E-state index in [-0.39, 0.29) is 17.6 Å². The number of benzene rings is 2. The van der Waals surface area contributed by atoms with Gasteiger partial charge in [-0.2, -0.15) is 5.10 Å². The van der Waals surface area contributed by atoms with Gasteiger partial charge in [0.2, 0.25) is 0 Å². The number of rotatable bonds is 2. The van der Waals surface area contributed by atoms with Gasteiger partial charge in [0.05, 0.1) is 5.69 Å². The number of nitrogens with zero attached hydrogens (tertiary/aromatic N) is 2. The zero-order valence-corrected chi connectivity index (χ0v) is 16.4. The third-order valence-corrected chi connectivity index (χ3v) is 5.83. The molecule has 0 bridgehead atoms. The number of aryl methyl sites for hydroxylation is 1. The Labute approximate surface area is 169 Å². The normalized spacial score (nSPS) is 20.9. The van der Waals surface area contributed by atoms with Crippen LogP contribution in [-0.2, 0) is 4.79 Å². The molecule has 2 aliphatic rings. The van der Waals surface area contributed by atoms with Crippen molar-refractivity contribution >= 4 is 11.6 Å². The van der Waals surface area contributed by atoms with Crippen LogP contribution in [0.4, 0.5) is 10.2 Å². The molecule has 146 valence electrons. The van der Waals surface area contributed by atoms with Crippen molar-refractivity contribution in [2.24, 2.45) is 5.92 Å². The van der Waals surface area contributed by atoms with E-state index >= 15 is 0 Å². The van der Waals surface area contributed by atoms with Gasteiger partial charge in [0.15, 0.2) is 5.78 Å². The number of fused-ring (bicyclic) bond motifs is 1. The molecule has 2 heterocycles. The molecule has 0 radical (unpaired) electrons. The lowest BCUT2D eigenvalue weighted by Crippen LogP contribution is -2.33. The second-order valence-electron chi connectivity index (χ2n) is 8.03. The average Bonchev–Trinajstić information content (AvgIpc) is 3.03. The van der Waals surface area contributed by atoms with E-state index in [9.17, 15) is 9.18 Å². The summed E-state index contributed by atoms with van der Waals surface area (Å²) in [6, 6.07) is 16.2. The zero-order valence-electron chi connectivity index (χ0n) is 16.4. The van der Waals surface area contributed by atoms with E-state index in [0.29, 0.717) is 12.3 Å². The second kappa shape index (κ2) is 6.69. The predicted molar refractivity (Wildman–Crippen MR) is 111 cm³/mol. The third kappa shape index (κ3) is 2.89. The summed E-state index contributed by atoms with van der Waals surface area (Å²) in [4.78, 5) is 13.0. The molecular formula is C24H22FN3O. The lowest BCUT2D eigenvalue weighted by molar-refractivity contribution is -0.117. The van der Waals surface area contributed by atoms with Gasteiger partial charge in [-0.25, -0.2) is 9.07 Å². The lowest BCUT2D eigenvalue weighted by Gasteiger charge is -2.35. The van der Waals surface area contributed by atoms with Gasteiger partial charge in [-0.15, -0.1) is 0 Å². The first-order valence-corrected chi connectivity index (χ1v) is 9.96. The van der Waals surface area contributed by atoms with E-state index in [1.54, 1.807) is 12.1 Å². The van der Waals surface area contributed by atoms with Crippen LogP contribution in [0.15, 0.2) is 65.9 Å². The van der Waals surface area contributed by atoms with E-state index in [2.05, 4.69) is 24.4 Å². The summed E-state index contributed by atoms with van der Waals surface area (Å²) in [5.74, 6) is 1.03. The van der Waals surface area contributed by atoms with Crippen molar-refractivity contribution in [2.75, 3.05) is 5.32 Å². The molecule has 1 N–H and O–H groups in total. The van der Waals surface area contributed by atoms with Crippen molar-refractivity contribution in [3.05, 3.63) is 82.9 Å². The highest BCUT2D eigenvalue weighted by molar-refractivity contribution is 6.00. The molecular weight excluding hydrogens is 365 g/mol. The Hall–Kier alpha value is -3.21. The average molecular weight is 387 g/mol. The molecule has 0 spiro atoms. The summed E-state index contributed by atoms with van der Waals surface area (Å²) in [6.07, 6.45) is 1.34. The molecule has 4 nitrogen and oxygen atoms in total. The molecule has 0 fully saturated rings. The van der Waals surface area contributed by atoms with Crippen LogP contribution in [0.1, 0.15) is 37.1 Å². The van der Waals surface area contributed by atoms with Crippen LogP contribution in [0.2, 0.25) is 0 Å². The van der Waals surface area contributed by atoms with E-state index in [1.807, 2.05) is 29.8 Å². The minimum absolute atomic E-state index is 0.139. The zero-order chi connectivity index (χ0) is 20.1. The number of halogens is 1. The van der Waals surface area contributed by atoms with Crippen molar-refractivity contribution in [3.63, 3.8) is 0 Å². The fourth-order valence-corrected chi connectivity index (χ4v) is 4.58. The molecule has 0 saturated heterocycles. The van der Waals surface area contributed by atoms with Crippen LogP contribution in [0, 0.1) is 18.7 Å². The number of aromatic nitrogens is 2. The molecule has 3 aromatic rings. The smallest absolute Gasteiger partial charge is 0.163 e. The maximum Gasteiger partial charge on any atom is 0.163 e. The summed E-state index contributed by atoms with van der Waals surface area (Å²) >= 11 is 0. The SMILES string of the molecule is Cc1nn2c(c1-c1ccccc1)NC1=C(C(=O)CC(C)C1)C2c1ccc(F)cc1. The highest BCUT2D eigenvalue weighted by Crippen LogP contribution is 2.45. The Bertz CT molecular complexity index is 1130. The topological polar surface area (TPSA) is 46.9 Å². The summed E-state index contributed by atoms with van der Waals surface area (Å²) in [6.45, 7) is 4.09. The Morgan fingerprint density at radius 3 is 2.52 bits per heavy atom. The first-order valence-electron chi connectivity index (χ1n) is 9.96. The van der Waals surface area contributed by atoms with Crippen LogP contribution in [0.5, 0.6) is 0 Å². The first-order chi connectivity index (χ1) is 14.0. The number of anilines is 1. The molecule has 1 aliphatic carbocycles. The Balaban J connectivity index is 1.75. The maximum atomic E-state index is 13.6. The monoisotopic (exact) mass is 387 g/mol. The molecule has 5 heteroatoms. The van der Waals surface area contributed by atoms with Gasteiger partial charge in [-0.05, 0) is 42.5 Å². The quantitative estimate of drug-likeness (QED) is 0.652. The molecule has 2 unspecified atom stereocenters. The standard InChI is InChI=1S/C24H22FN3O/c1-14-12-19-22(20(29)13-14)23(17-8-10-18(25)11-9-17)28-24(26-19)21(15(2)27-28)16-6-4-3-5-7-16/h3-11,14,23,26H,12-13H2,1-2H3. The van der Waals surface area contributed by atoms with Crippen LogP contribution in [0.25, 0.3) is 11.1 Å². The van der Waals surface area contributed by atoms with Crippen molar-refractivity contribution < 1.29 is 9.18 Å². The molecule has 1 aliphatic heterocycles. The molecule has 2 atom stereocenters. The number of Topliss-reactive ketones (excluding diaryl/α,β-unsaturated/α-hetero) is 1. The summed E-state index contributed by atoms with van der Waals surface area (Å²) in [5.41, 5.74) is 5.60. The van der Waals surface area contributed by atoms with Crippen molar-refractivity contribution in [2.45, 2.75) is 32.7 Å². The van der Waals surface area contributed by atoms with Gasteiger partial charge in [-0.3, -0.25) is 4.79 Å². The first kappa shape index (κ1) is 17.9. The van der Waals surface area contributed by atoms with Gasteiger partial charge in [-0.1, -0.05) is 49.4 Å². The maximum absolute atomic E-state index is 13.6. The number of carbonyl (C=O) groups excluding carboxylic acids is 1. The molecule has 29 heavy (non-hydrogen) atoms. The van der Waals surface area contributed by atoms with Gasteiger partial charge in [0.25, 0.3) is 0 Å². The fourth-order valence-electron chi connectivity index (χ4n) is 4.58. The summed E-state index contributed by atoms with van der Waals surface area (Å²) in [5, 5.41) is 8.37. The number of nitrogens with one attached hydrogen (secondary N) is 1. The lowest BCUT2D eigenvalue weighted by atomic mass is 9.81. The minimum Gasteiger partial charge on any atom is -0.343 e. The molecule has 0 amide bonds. The number of allylic oxidation sites excluding steroid dienone is 2. The number of carbonyl (C=O) groups is 1. The molecule has 5 rings (SSSR count). The Morgan fingerprint density at radius 1 is 1.07 bits per heavy atom. The van der Waals surface area contributed by atoms with Crippen LogP contribution in [0.3, 0.4) is 0 Å². The van der Waals surface area contributed by atoms with Crippen molar-refractivity contribution in [1.29, 1.82) is 0 Å². The van der Waals surface area contributed by atoms with E-state index < -0.39 is 0 Å². The number of hydrogen-bond acceptors (Lipinski definition) is 3. The van der Waals surface area contributed by atoms with Gasteiger partial charge < -0.3 is 5.32 Å². The van der Waals surface area contributed by atoms with Crippen molar-refractivity contribution in [3.8, 4) is 11.1 Å². The predicted octanol–water partition coefficient (Wildman–Crippen LogP) is 5.27. The molecule has 1 aromatic heterocycles. The minimum atomic E-state index is -0.349. The highest BCUT2D eigenvalue weighted by Gasteiger charge is 2.39. The number of ketones is 1. The molecule has 2 aromatic carbocycles. The fraction of sp³-hybridized carbons (Fsp3) is 0.250. The molecule has 0 saturated carbocycles. The summed E-state index contributed by atoms with van der Waals surface area (Å²) in [7, 11) is 0. The van der Waals surface area contributed by atoms with Gasteiger partial charge >= 0.3 is 0 Å². The van der Waals surface area contributed by atoms with Gasteiger partial charge in [0, 0.05) is 23.3 Å². The van der Waals surface area contributed by atoms with Crippen LogP contribution in [-0.4, -0.2) is 15.6 Å². The largest absolute Gasteiger partial charge is 0.343 e. The highest BCUT2D eigenvalue weighted by atomic mass is 19.1. The Morgan fingerprint density at radius 2 is 1.79 bits per heavy atom. The van der Waals surface area contributed by atoms with E-state index in [1.165, 1.54) is 12.1 Å².